The van der Waals surface area contributed by atoms with Crippen molar-refractivity contribution in [2.45, 2.75) is 115 Å². The molecule has 0 radical (unpaired) electrons. The Kier molecular flexibility index (Phi) is 7.89. The van der Waals surface area contributed by atoms with Gasteiger partial charge in [0, 0.05) is 0 Å². The summed E-state index contributed by atoms with van der Waals surface area (Å²) in [4.78, 5) is 11.4. The molecule has 0 bridgehead atoms. The van der Waals surface area contributed by atoms with Crippen molar-refractivity contribution in [1.82, 2.24) is 0 Å². The number of aliphatic hydroxyl groups is 4. The van der Waals surface area contributed by atoms with Crippen LogP contribution in [0.4, 0.5) is 0 Å². The number of hydrogen-bond acceptors (Lipinski definition) is 8. The number of aliphatic hydroxyl groups excluding tert-OH is 4. The molecule has 4 aliphatic carbocycles. The molecule has 1 heterocycles. The Labute approximate surface area is 223 Å². The third-order valence-corrected chi connectivity index (χ3v) is 10.7. The Bertz CT molecular complexity index is 767. The van der Waals surface area contributed by atoms with Gasteiger partial charge in [-0.05, 0) is 92.3 Å². The van der Waals surface area contributed by atoms with Gasteiger partial charge in [0.1, 0.15) is 24.4 Å². The van der Waals surface area contributed by atoms with Crippen LogP contribution >= 0.6 is 0 Å². The van der Waals surface area contributed by atoms with Crippen molar-refractivity contribution in [1.29, 1.82) is 0 Å². The van der Waals surface area contributed by atoms with Crippen LogP contribution in [-0.2, 0) is 14.3 Å². The number of ether oxygens (including phenoxy) is 2. The quantitative estimate of drug-likeness (QED) is 0.314. The van der Waals surface area contributed by atoms with Crippen LogP contribution in [0.2, 0.25) is 0 Å². The molecule has 8 nitrogen and oxygen atoms in total. The van der Waals surface area contributed by atoms with Gasteiger partial charge in [0.15, 0.2) is 6.29 Å². The summed E-state index contributed by atoms with van der Waals surface area (Å²) in [5.41, 5.74) is 0.173. The molecule has 188 valence electrons. The standard InChI is InChI=1S/C25H40O8.Na/c1-24-9-7-13(26)11-12(24)3-4-14-15-5-6-17(25(15,2)10-8-16(14)24)32-23-20(29)18(27)19(28)21(33-23)22(30)31;/h12-21,23,26-29H,3-11H2,1-2H3,(H,30,31);/q;+1/p-1/t12-,13+,14-,15-,16-,17-,18?,19?,20?,21?,23?,24-,25-;/m0./s1. The summed E-state index contributed by atoms with van der Waals surface area (Å²) in [6.45, 7) is 4.70. The third-order valence-electron chi connectivity index (χ3n) is 10.7. The topological polar surface area (TPSA) is 140 Å². The Morgan fingerprint density at radius 1 is 0.882 bits per heavy atom. The zero-order valence-corrected chi connectivity index (χ0v) is 22.6. The average molecular weight is 491 g/mol. The Hall–Kier alpha value is 0.230. The van der Waals surface area contributed by atoms with E-state index in [1.54, 1.807) is 0 Å². The maximum Gasteiger partial charge on any atom is 1.00 e. The molecule has 5 rings (SSSR count). The first kappa shape index (κ1) is 27.3. The molecule has 0 spiro atoms. The molecule has 9 heteroatoms. The minimum atomic E-state index is -1.77. The van der Waals surface area contributed by atoms with Crippen molar-refractivity contribution in [3.8, 4) is 0 Å². The molecule has 5 unspecified atom stereocenters. The Balaban J connectivity index is 0.00000274. The average Bonchev–Trinajstić information content (AvgIpc) is 3.10. The summed E-state index contributed by atoms with van der Waals surface area (Å²) in [7, 11) is 0. The van der Waals surface area contributed by atoms with Gasteiger partial charge in [-0.25, -0.2) is 0 Å². The summed E-state index contributed by atoms with van der Waals surface area (Å²) in [6.07, 6.45) is 0.758. The summed E-state index contributed by atoms with van der Waals surface area (Å²) >= 11 is 0. The monoisotopic (exact) mass is 490 g/mol. The van der Waals surface area contributed by atoms with Crippen LogP contribution in [-0.4, -0.2) is 69.3 Å². The summed E-state index contributed by atoms with van der Waals surface area (Å²) in [5.74, 6) is 0.700. The molecule has 0 aromatic heterocycles. The van der Waals surface area contributed by atoms with Crippen molar-refractivity contribution in [3.63, 3.8) is 0 Å². The summed E-state index contributed by atoms with van der Waals surface area (Å²) in [6, 6.07) is 0. The zero-order chi connectivity index (χ0) is 23.7. The molecule has 0 amide bonds. The van der Waals surface area contributed by atoms with E-state index in [-0.39, 0.29) is 52.6 Å². The second-order valence-corrected chi connectivity index (χ2v) is 12.0. The number of carboxylic acid groups (broad SMARTS) is 1. The van der Waals surface area contributed by atoms with E-state index in [0.29, 0.717) is 23.7 Å². The smallest absolute Gasteiger partial charge is 0.547 e. The van der Waals surface area contributed by atoms with E-state index >= 15 is 0 Å². The normalized spacial score (nSPS) is 54.8. The molecular weight excluding hydrogens is 451 g/mol. The van der Waals surface area contributed by atoms with Crippen molar-refractivity contribution in [3.05, 3.63) is 0 Å². The van der Waals surface area contributed by atoms with E-state index in [1.165, 1.54) is 6.42 Å². The van der Waals surface area contributed by atoms with E-state index in [1.807, 2.05) is 0 Å². The largest absolute Gasteiger partial charge is 1.00 e. The Morgan fingerprint density at radius 2 is 1.56 bits per heavy atom. The number of rotatable bonds is 3. The van der Waals surface area contributed by atoms with Gasteiger partial charge in [0.2, 0.25) is 0 Å². The molecule has 4 N–H and O–H groups in total. The minimum Gasteiger partial charge on any atom is -0.547 e. The van der Waals surface area contributed by atoms with Crippen molar-refractivity contribution < 1.29 is 69.4 Å². The molecular formula is C25H39NaO8. The van der Waals surface area contributed by atoms with Crippen LogP contribution in [0.15, 0.2) is 0 Å². The van der Waals surface area contributed by atoms with Crippen molar-refractivity contribution in [2.24, 2.45) is 34.5 Å². The first-order valence-corrected chi connectivity index (χ1v) is 12.8. The number of hydrogen-bond donors (Lipinski definition) is 4. The van der Waals surface area contributed by atoms with Gasteiger partial charge in [-0.1, -0.05) is 13.8 Å². The fourth-order valence-corrected chi connectivity index (χ4v) is 8.73. The second-order valence-electron chi connectivity index (χ2n) is 12.0. The molecule has 5 fully saturated rings. The van der Waals surface area contributed by atoms with Gasteiger partial charge in [0.25, 0.3) is 0 Å². The number of carbonyl (C=O) groups is 1. The van der Waals surface area contributed by atoms with Crippen molar-refractivity contribution in [2.75, 3.05) is 0 Å². The van der Waals surface area contributed by atoms with E-state index in [0.717, 1.165) is 51.4 Å². The molecule has 4 saturated carbocycles. The number of aliphatic carboxylic acids is 1. The molecule has 1 aliphatic heterocycles. The molecule has 34 heavy (non-hydrogen) atoms. The maximum atomic E-state index is 11.4. The minimum absolute atomic E-state index is 0. The van der Waals surface area contributed by atoms with Crippen LogP contribution in [0.25, 0.3) is 0 Å². The predicted octanol–water partition coefficient (Wildman–Crippen LogP) is -2.66. The fourth-order valence-electron chi connectivity index (χ4n) is 8.73. The predicted molar refractivity (Wildman–Crippen MR) is 114 cm³/mol. The van der Waals surface area contributed by atoms with E-state index in [4.69, 9.17) is 9.47 Å². The van der Waals surface area contributed by atoms with Crippen LogP contribution in [0.3, 0.4) is 0 Å². The van der Waals surface area contributed by atoms with Gasteiger partial charge in [-0.15, -0.1) is 0 Å². The molecule has 13 atom stereocenters. The molecule has 0 aromatic carbocycles. The van der Waals surface area contributed by atoms with Gasteiger partial charge in [0.05, 0.1) is 18.2 Å². The van der Waals surface area contributed by atoms with Crippen LogP contribution in [0, 0.1) is 34.5 Å². The SMILES string of the molecule is C[C@]12CC[C@@H](O)C[C@@H]1CC[C@@H]1[C@@H]2CC[C@]2(C)[C@@H](OC3OC(C(=O)[O-])C(O)C(O)C3O)CC[C@@H]12.[Na+]. The number of fused-ring (bicyclic) bond motifs is 5. The van der Waals surface area contributed by atoms with Crippen LogP contribution in [0.1, 0.15) is 71.6 Å². The number of carboxylic acids is 1. The van der Waals surface area contributed by atoms with Gasteiger partial charge in [-0.2, -0.15) is 0 Å². The van der Waals surface area contributed by atoms with Crippen molar-refractivity contribution >= 4 is 5.97 Å². The number of carbonyl (C=O) groups excluding carboxylic acids is 1. The molecule has 1 saturated heterocycles. The summed E-state index contributed by atoms with van der Waals surface area (Å²) in [5, 5.41) is 52.1. The van der Waals surface area contributed by atoms with E-state index in [9.17, 15) is 30.3 Å². The molecule has 0 aromatic rings. The Morgan fingerprint density at radius 3 is 2.26 bits per heavy atom. The maximum absolute atomic E-state index is 11.4. The summed E-state index contributed by atoms with van der Waals surface area (Å²) < 4.78 is 11.6. The van der Waals surface area contributed by atoms with Gasteiger partial charge in [-0.3, -0.25) is 0 Å². The van der Waals surface area contributed by atoms with Crippen LogP contribution < -0.4 is 34.7 Å². The van der Waals surface area contributed by atoms with Gasteiger partial charge < -0.3 is 39.8 Å². The van der Waals surface area contributed by atoms with E-state index in [2.05, 4.69) is 13.8 Å². The third kappa shape index (κ3) is 4.23. The zero-order valence-electron chi connectivity index (χ0n) is 20.6. The van der Waals surface area contributed by atoms with Gasteiger partial charge >= 0.3 is 29.6 Å². The fraction of sp³-hybridized carbons (Fsp3) is 0.960. The first-order valence-electron chi connectivity index (χ1n) is 12.8. The molecule has 5 aliphatic rings. The second kappa shape index (κ2) is 9.84. The van der Waals surface area contributed by atoms with E-state index < -0.39 is 36.7 Å². The van der Waals surface area contributed by atoms with Crippen LogP contribution in [0.5, 0.6) is 0 Å². The first-order chi connectivity index (χ1) is 15.6.